The van der Waals surface area contributed by atoms with E-state index in [1.54, 1.807) is 54.6 Å². The normalized spacial score (nSPS) is 10.9. The molecule has 0 saturated carbocycles. The molecule has 3 rings (SSSR count). The number of hydrogen-bond donors (Lipinski definition) is 1. The third-order valence-corrected chi connectivity index (χ3v) is 6.70. The van der Waals surface area contributed by atoms with Gasteiger partial charge >= 0.3 is 0 Å². The van der Waals surface area contributed by atoms with Crippen LogP contribution < -0.4 is 19.1 Å². The largest absolute Gasteiger partial charge is 0.497 e. The van der Waals surface area contributed by atoms with Crippen LogP contribution in [0.15, 0.2) is 82.2 Å². The fourth-order valence-corrected chi connectivity index (χ4v) is 4.58. The Labute approximate surface area is 189 Å². The van der Waals surface area contributed by atoms with Crippen LogP contribution in [0.4, 0.5) is 11.4 Å². The smallest absolute Gasteiger partial charge is 0.264 e. The molecule has 9 heteroatoms. The van der Waals surface area contributed by atoms with E-state index in [9.17, 15) is 13.2 Å². The summed E-state index contributed by atoms with van der Waals surface area (Å²) < 4.78 is 39.4. The van der Waals surface area contributed by atoms with Crippen molar-refractivity contribution in [1.82, 2.24) is 0 Å². The van der Waals surface area contributed by atoms with Crippen LogP contribution in [0.25, 0.3) is 0 Å². The van der Waals surface area contributed by atoms with Crippen LogP contribution in [0.5, 0.6) is 11.5 Å². The monoisotopic (exact) mass is 504 g/mol. The third kappa shape index (κ3) is 5.36. The maximum atomic E-state index is 13.5. The molecule has 162 valence electrons. The first-order chi connectivity index (χ1) is 14.8. The highest BCUT2D eigenvalue weighted by Crippen LogP contribution is 2.35. The van der Waals surface area contributed by atoms with Crippen molar-refractivity contribution in [2.24, 2.45) is 0 Å². The minimum atomic E-state index is -4.08. The fraction of sp³-hybridized carbons (Fsp3) is 0.136. The number of nitrogens with one attached hydrogen (secondary N) is 1. The number of rotatable bonds is 8. The average Bonchev–Trinajstić information content (AvgIpc) is 2.79. The van der Waals surface area contributed by atoms with Crippen LogP contribution in [-0.4, -0.2) is 35.1 Å². The van der Waals surface area contributed by atoms with Crippen molar-refractivity contribution in [3.05, 3.63) is 77.3 Å². The molecule has 7 nitrogen and oxygen atoms in total. The van der Waals surface area contributed by atoms with Crippen LogP contribution in [0.2, 0.25) is 0 Å². The Bertz CT molecular complexity index is 1150. The van der Waals surface area contributed by atoms with Crippen LogP contribution in [-0.2, 0) is 14.8 Å². The lowest BCUT2D eigenvalue weighted by atomic mass is 10.2. The maximum Gasteiger partial charge on any atom is 0.264 e. The average molecular weight is 505 g/mol. The van der Waals surface area contributed by atoms with Crippen molar-refractivity contribution < 1.29 is 22.7 Å². The van der Waals surface area contributed by atoms with Gasteiger partial charge < -0.3 is 14.8 Å². The molecule has 1 N–H and O–H groups in total. The highest BCUT2D eigenvalue weighted by atomic mass is 79.9. The van der Waals surface area contributed by atoms with Gasteiger partial charge in [-0.15, -0.1) is 0 Å². The van der Waals surface area contributed by atoms with Gasteiger partial charge in [-0.05, 0) is 48.5 Å². The second-order valence-electron chi connectivity index (χ2n) is 6.42. The molecule has 0 bridgehead atoms. The van der Waals surface area contributed by atoms with E-state index in [1.807, 2.05) is 0 Å². The van der Waals surface area contributed by atoms with Gasteiger partial charge in [0.1, 0.15) is 18.0 Å². The van der Waals surface area contributed by atoms with E-state index in [1.165, 1.54) is 32.4 Å². The lowest BCUT2D eigenvalue weighted by molar-refractivity contribution is -0.114. The number of halogens is 1. The van der Waals surface area contributed by atoms with Crippen LogP contribution >= 0.6 is 15.9 Å². The summed E-state index contributed by atoms with van der Waals surface area (Å²) in [7, 11) is -1.17. The van der Waals surface area contributed by atoms with E-state index in [0.29, 0.717) is 11.4 Å². The van der Waals surface area contributed by atoms with E-state index >= 15 is 0 Å². The van der Waals surface area contributed by atoms with Crippen molar-refractivity contribution in [3.8, 4) is 11.5 Å². The lowest BCUT2D eigenvalue weighted by Crippen LogP contribution is -2.38. The van der Waals surface area contributed by atoms with Crippen LogP contribution in [0, 0.1) is 0 Å². The van der Waals surface area contributed by atoms with Gasteiger partial charge in [-0.25, -0.2) is 8.42 Å². The molecule has 0 saturated heterocycles. The molecule has 0 atom stereocenters. The van der Waals surface area contributed by atoms with Crippen molar-refractivity contribution >= 4 is 43.2 Å². The minimum Gasteiger partial charge on any atom is -0.497 e. The first-order valence-electron chi connectivity index (χ1n) is 9.20. The first-order valence-corrected chi connectivity index (χ1v) is 11.4. The summed E-state index contributed by atoms with van der Waals surface area (Å²) in [6.07, 6.45) is 0. The van der Waals surface area contributed by atoms with Crippen molar-refractivity contribution in [2.45, 2.75) is 4.90 Å². The van der Waals surface area contributed by atoms with E-state index in [-0.39, 0.29) is 16.3 Å². The van der Waals surface area contributed by atoms with Crippen molar-refractivity contribution in [2.75, 3.05) is 30.4 Å². The van der Waals surface area contributed by atoms with Gasteiger partial charge in [-0.1, -0.05) is 34.1 Å². The Morgan fingerprint density at radius 1 is 0.968 bits per heavy atom. The summed E-state index contributed by atoms with van der Waals surface area (Å²) in [5.41, 5.74) is 0.736. The molecule has 1 amide bonds. The quantitative estimate of drug-likeness (QED) is 0.494. The van der Waals surface area contributed by atoms with E-state index in [4.69, 9.17) is 9.47 Å². The molecule has 3 aromatic carbocycles. The van der Waals surface area contributed by atoms with Gasteiger partial charge in [-0.3, -0.25) is 9.10 Å². The molecule has 0 spiro atoms. The van der Waals surface area contributed by atoms with Crippen molar-refractivity contribution in [1.29, 1.82) is 0 Å². The Morgan fingerprint density at radius 2 is 1.65 bits per heavy atom. The second-order valence-corrected chi connectivity index (χ2v) is 9.20. The Kier molecular flexibility index (Phi) is 7.19. The molecule has 0 aromatic heterocycles. The molecule has 0 aliphatic rings. The predicted molar refractivity (Wildman–Crippen MR) is 123 cm³/mol. The van der Waals surface area contributed by atoms with E-state index in [2.05, 4.69) is 21.2 Å². The highest BCUT2D eigenvalue weighted by Gasteiger charge is 2.30. The van der Waals surface area contributed by atoms with Gasteiger partial charge in [0.2, 0.25) is 5.91 Å². The highest BCUT2D eigenvalue weighted by molar-refractivity contribution is 9.10. The Balaban J connectivity index is 2.03. The zero-order chi connectivity index (χ0) is 22.4. The van der Waals surface area contributed by atoms with Crippen molar-refractivity contribution in [3.63, 3.8) is 0 Å². The van der Waals surface area contributed by atoms with Gasteiger partial charge in [0.05, 0.1) is 24.8 Å². The Morgan fingerprint density at radius 3 is 2.26 bits per heavy atom. The molecule has 31 heavy (non-hydrogen) atoms. The van der Waals surface area contributed by atoms with Gasteiger partial charge in [0.25, 0.3) is 10.0 Å². The summed E-state index contributed by atoms with van der Waals surface area (Å²) in [6.45, 7) is -0.461. The molecular weight excluding hydrogens is 484 g/mol. The molecule has 0 fully saturated rings. The second kappa shape index (κ2) is 9.84. The van der Waals surface area contributed by atoms with E-state index < -0.39 is 22.5 Å². The van der Waals surface area contributed by atoms with Crippen LogP contribution in [0.3, 0.4) is 0 Å². The molecule has 3 aromatic rings. The molecule has 0 aliphatic carbocycles. The standard InChI is InChI=1S/C22H21BrN2O5S/c1-29-18-12-13-21(30-2)20(14-18)25(31(27,28)19-6-4-3-5-7-19)15-22(26)24-17-10-8-16(23)9-11-17/h3-14H,15H2,1-2H3,(H,24,26). The molecule has 0 heterocycles. The third-order valence-electron chi connectivity index (χ3n) is 4.40. The molecular formula is C22H21BrN2O5S. The number of methoxy groups -OCH3 is 2. The number of carbonyl (C=O) groups is 1. The number of ether oxygens (including phenoxy) is 2. The SMILES string of the molecule is COc1ccc(OC)c(N(CC(=O)Nc2ccc(Br)cc2)S(=O)(=O)c2ccccc2)c1. The van der Waals surface area contributed by atoms with Gasteiger partial charge in [0.15, 0.2) is 0 Å². The number of sulfonamides is 1. The summed E-state index contributed by atoms with van der Waals surface area (Å²) in [5.74, 6) is 0.209. The summed E-state index contributed by atoms with van der Waals surface area (Å²) >= 11 is 3.34. The number of hydrogen-bond acceptors (Lipinski definition) is 5. The number of amides is 1. The predicted octanol–water partition coefficient (Wildman–Crippen LogP) is 4.30. The summed E-state index contributed by atoms with van der Waals surface area (Å²) in [5, 5.41) is 2.72. The molecule has 0 unspecified atom stereocenters. The topological polar surface area (TPSA) is 84.9 Å². The summed E-state index contributed by atoms with van der Waals surface area (Å²) in [6, 6.07) is 19.6. The zero-order valence-electron chi connectivity index (χ0n) is 16.9. The van der Waals surface area contributed by atoms with Crippen LogP contribution in [0.1, 0.15) is 0 Å². The first kappa shape index (κ1) is 22.6. The summed E-state index contributed by atoms with van der Waals surface area (Å²) in [4.78, 5) is 12.9. The maximum absolute atomic E-state index is 13.5. The van der Waals surface area contributed by atoms with Gasteiger partial charge in [-0.2, -0.15) is 0 Å². The number of nitrogens with zero attached hydrogens (tertiary/aromatic N) is 1. The minimum absolute atomic E-state index is 0.0521. The number of benzene rings is 3. The zero-order valence-corrected chi connectivity index (χ0v) is 19.3. The van der Waals surface area contributed by atoms with E-state index in [0.717, 1.165) is 8.78 Å². The fourth-order valence-electron chi connectivity index (χ4n) is 2.88. The lowest BCUT2D eigenvalue weighted by Gasteiger charge is -2.26. The number of carbonyl (C=O) groups excluding carboxylic acids is 1. The molecule has 0 radical (unpaired) electrons. The number of anilines is 2. The molecule has 0 aliphatic heterocycles. The van der Waals surface area contributed by atoms with Gasteiger partial charge in [0, 0.05) is 16.2 Å². The Hall–Kier alpha value is -3.04.